The molecular weight excluding hydrogens is 402 g/mol. The van der Waals surface area contributed by atoms with Gasteiger partial charge in [0.2, 0.25) is 0 Å². The van der Waals surface area contributed by atoms with Crippen molar-refractivity contribution < 1.29 is 18.7 Å². The maximum absolute atomic E-state index is 12.7. The highest BCUT2D eigenvalue weighted by atomic mass is 32.2. The van der Waals surface area contributed by atoms with Gasteiger partial charge in [0.05, 0.1) is 25.9 Å². The number of benzene rings is 1. The fourth-order valence-electron chi connectivity index (χ4n) is 3.00. The summed E-state index contributed by atoms with van der Waals surface area (Å²) >= 11 is 1.31. The Balaban J connectivity index is 1.58. The lowest BCUT2D eigenvalue weighted by molar-refractivity contribution is -0.384. The number of nitrogens with zero attached hydrogens (tertiary/aromatic N) is 3. The first-order valence-electron chi connectivity index (χ1n) is 9.03. The minimum absolute atomic E-state index is 0.0235. The van der Waals surface area contributed by atoms with Gasteiger partial charge in [0.15, 0.2) is 4.34 Å². The molecule has 10 heteroatoms. The molecule has 0 saturated carbocycles. The zero-order valence-corrected chi connectivity index (χ0v) is 17.7. The van der Waals surface area contributed by atoms with Gasteiger partial charge in [-0.15, -0.1) is 11.3 Å². The van der Waals surface area contributed by atoms with Gasteiger partial charge in [0, 0.05) is 31.0 Å². The molecule has 0 aliphatic carbocycles. The molecule has 1 atom stereocenters. The largest absolute Gasteiger partial charge is 0.444 e. The molecule has 0 spiro atoms. The first kappa shape index (κ1) is 20.7. The van der Waals surface area contributed by atoms with Crippen LogP contribution in [0.1, 0.15) is 33.6 Å². The molecule has 0 N–H and O–H groups in total. The maximum atomic E-state index is 12.7. The molecule has 1 aromatic carbocycles. The number of carbonyl (C=O) groups is 1. The number of nitro groups is 1. The summed E-state index contributed by atoms with van der Waals surface area (Å²) in [6.07, 6.45) is 1.22. The molecule has 1 fully saturated rings. The van der Waals surface area contributed by atoms with Crippen molar-refractivity contribution >= 4 is 44.1 Å². The number of rotatable bonds is 4. The van der Waals surface area contributed by atoms with E-state index in [4.69, 9.17) is 4.74 Å². The van der Waals surface area contributed by atoms with Crippen molar-refractivity contribution in [3.63, 3.8) is 0 Å². The van der Waals surface area contributed by atoms with Crippen molar-refractivity contribution in [1.29, 1.82) is 0 Å². The number of ether oxygens (including phenoxy) is 1. The van der Waals surface area contributed by atoms with Gasteiger partial charge in [-0.25, -0.2) is 9.78 Å². The van der Waals surface area contributed by atoms with Crippen LogP contribution in [0.2, 0.25) is 0 Å². The Morgan fingerprint density at radius 3 is 2.68 bits per heavy atom. The van der Waals surface area contributed by atoms with Gasteiger partial charge in [0.1, 0.15) is 5.60 Å². The predicted molar refractivity (Wildman–Crippen MR) is 108 cm³/mol. The number of aromatic nitrogens is 1. The van der Waals surface area contributed by atoms with Crippen molar-refractivity contribution in [1.82, 2.24) is 9.88 Å². The van der Waals surface area contributed by atoms with Gasteiger partial charge in [0.25, 0.3) is 5.69 Å². The Hall–Kier alpha value is -2.07. The van der Waals surface area contributed by atoms with Gasteiger partial charge < -0.3 is 9.64 Å². The van der Waals surface area contributed by atoms with Crippen molar-refractivity contribution in [3.05, 3.63) is 28.3 Å². The third-order valence-electron chi connectivity index (χ3n) is 4.41. The summed E-state index contributed by atoms with van der Waals surface area (Å²) in [5.74, 6) is 0.713. The summed E-state index contributed by atoms with van der Waals surface area (Å²) in [6, 6.07) is 4.48. The zero-order valence-electron chi connectivity index (χ0n) is 16.0. The molecule has 3 rings (SSSR count). The molecule has 2 heterocycles. The summed E-state index contributed by atoms with van der Waals surface area (Å²) in [7, 11) is -1.27. The predicted octanol–water partition coefficient (Wildman–Crippen LogP) is 3.96. The Morgan fingerprint density at radius 1 is 1.39 bits per heavy atom. The second-order valence-corrected chi connectivity index (χ2v) is 10.5. The van der Waals surface area contributed by atoms with Crippen LogP contribution in [0.4, 0.5) is 10.5 Å². The number of likely N-dealkylation sites (tertiary alicyclic amines) is 1. The number of hydrogen-bond donors (Lipinski definition) is 0. The number of amides is 1. The standard InChI is InChI=1S/C18H23N3O5S2/c1-18(2,3)26-17(22)20-8-6-12(7-9-20)11-28(25)16-19-14-10-13(21(23)24)4-5-15(14)27-16/h4-5,10,12H,6-9,11H2,1-3H3/t28-/m0/s1. The molecule has 1 saturated heterocycles. The molecule has 2 aromatic rings. The van der Waals surface area contributed by atoms with E-state index in [9.17, 15) is 19.1 Å². The molecule has 1 aliphatic rings. The molecule has 0 radical (unpaired) electrons. The quantitative estimate of drug-likeness (QED) is 0.543. The minimum Gasteiger partial charge on any atom is -0.444 e. The Kier molecular flexibility index (Phi) is 5.99. The fraction of sp³-hybridized carbons (Fsp3) is 0.556. The van der Waals surface area contributed by atoms with E-state index in [1.807, 2.05) is 20.8 Å². The Bertz CT molecular complexity index is 914. The van der Waals surface area contributed by atoms with Gasteiger partial charge >= 0.3 is 6.09 Å². The highest BCUT2D eigenvalue weighted by Gasteiger charge is 2.28. The molecule has 28 heavy (non-hydrogen) atoms. The van der Waals surface area contributed by atoms with Crippen LogP contribution in [-0.4, -0.2) is 49.6 Å². The molecular formula is C18H23N3O5S2. The summed E-state index contributed by atoms with van der Waals surface area (Å²) in [6.45, 7) is 6.69. The van der Waals surface area contributed by atoms with Gasteiger partial charge in [-0.1, -0.05) is 0 Å². The number of carbonyl (C=O) groups excluding carboxylic acids is 1. The van der Waals surface area contributed by atoms with Crippen LogP contribution in [0.25, 0.3) is 10.2 Å². The number of nitro benzene ring substituents is 1. The smallest absolute Gasteiger partial charge is 0.410 e. The van der Waals surface area contributed by atoms with Crippen LogP contribution in [0.15, 0.2) is 22.5 Å². The molecule has 8 nitrogen and oxygen atoms in total. The van der Waals surface area contributed by atoms with Crippen molar-refractivity contribution in [3.8, 4) is 0 Å². The molecule has 0 bridgehead atoms. The average molecular weight is 426 g/mol. The van der Waals surface area contributed by atoms with E-state index in [1.54, 1.807) is 11.0 Å². The second-order valence-electron chi connectivity index (χ2n) is 7.81. The topological polar surface area (TPSA) is 103 Å². The van der Waals surface area contributed by atoms with E-state index in [0.29, 0.717) is 28.7 Å². The van der Waals surface area contributed by atoms with E-state index in [1.165, 1.54) is 23.5 Å². The van der Waals surface area contributed by atoms with E-state index >= 15 is 0 Å². The highest BCUT2D eigenvalue weighted by Crippen LogP contribution is 2.29. The van der Waals surface area contributed by atoms with Crippen LogP contribution < -0.4 is 0 Å². The van der Waals surface area contributed by atoms with E-state index in [2.05, 4.69) is 4.98 Å². The first-order valence-corrected chi connectivity index (χ1v) is 11.2. The van der Waals surface area contributed by atoms with Crippen molar-refractivity contribution in [2.24, 2.45) is 5.92 Å². The van der Waals surface area contributed by atoms with E-state index in [-0.39, 0.29) is 17.7 Å². The third kappa shape index (κ3) is 5.05. The summed E-state index contributed by atoms with van der Waals surface area (Å²) in [5, 5.41) is 10.9. The van der Waals surface area contributed by atoms with Crippen LogP contribution in [0.3, 0.4) is 0 Å². The van der Waals surface area contributed by atoms with Gasteiger partial charge in [-0.2, -0.15) is 0 Å². The van der Waals surface area contributed by atoms with Crippen LogP contribution in [0.5, 0.6) is 0 Å². The molecule has 1 amide bonds. The number of hydrogen-bond acceptors (Lipinski definition) is 7. The van der Waals surface area contributed by atoms with Crippen LogP contribution in [0, 0.1) is 16.0 Å². The average Bonchev–Trinajstić information content (AvgIpc) is 3.04. The molecule has 0 unspecified atom stereocenters. The fourth-order valence-corrected chi connectivity index (χ4v) is 5.63. The third-order valence-corrected chi connectivity index (χ3v) is 7.30. The molecule has 152 valence electrons. The monoisotopic (exact) mass is 425 g/mol. The Morgan fingerprint density at radius 2 is 2.07 bits per heavy atom. The SMILES string of the molecule is CC(C)(C)OC(=O)N1CCC(C[S@](=O)c2nc3cc([N+](=O)[O-])ccc3s2)CC1. The summed E-state index contributed by atoms with van der Waals surface area (Å²) in [5.41, 5.74) is -0.0379. The summed E-state index contributed by atoms with van der Waals surface area (Å²) < 4.78 is 19.4. The number of non-ortho nitro benzene ring substituents is 1. The van der Waals surface area contributed by atoms with Gasteiger partial charge in [-0.05, 0) is 45.6 Å². The Labute approximate surface area is 169 Å². The van der Waals surface area contributed by atoms with Crippen molar-refractivity contribution in [2.75, 3.05) is 18.8 Å². The lowest BCUT2D eigenvalue weighted by Crippen LogP contribution is -2.42. The van der Waals surface area contributed by atoms with E-state index in [0.717, 1.165) is 17.5 Å². The second kappa shape index (κ2) is 8.12. The normalized spacial score (nSPS) is 16.9. The number of thiazole rings is 1. The van der Waals surface area contributed by atoms with E-state index < -0.39 is 21.3 Å². The lowest BCUT2D eigenvalue weighted by atomic mass is 9.99. The number of fused-ring (bicyclic) bond motifs is 1. The molecule has 1 aromatic heterocycles. The van der Waals surface area contributed by atoms with Crippen molar-refractivity contribution in [2.45, 2.75) is 43.6 Å². The maximum Gasteiger partial charge on any atom is 0.410 e. The first-order chi connectivity index (χ1) is 13.1. The lowest BCUT2D eigenvalue weighted by Gasteiger charge is -2.33. The minimum atomic E-state index is -1.27. The highest BCUT2D eigenvalue weighted by molar-refractivity contribution is 7.87. The van der Waals surface area contributed by atoms with Crippen LogP contribution >= 0.6 is 11.3 Å². The summed E-state index contributed by atoms with van der Waals surface area (Å²) in [4.78, 5) is 28.6. The van der Waals surface area contributed by atoms with Crippen LogP contribution in [-0.2, 0) is 15.5 Å². The zero-order chi connectivity index (χ0) is 20.5. The van der Waals surface area contributed by atoms with Gasteiger partial charge in [-0.3, -0.25) is 14.3 Å². The number of piperidine rings is 1. The molecule has 1 aliphatic heterocycles.